The Morgan fingerprint density at radius 3 is 2.41 bits per heavy atom. The van der Waals surface area contributed by atoms with Crippen molar-refractivity contribution in [3.8, 4) is 0 Å². The van der Waals surface area contributed by atoms with Gasteiger partial charge in [0.2, 0.25) is 5.91 Å². The normalized spacial score (nSPS) is 15.5. The highest BCUT2D eigenvalue weighted by Crippen LogP contribution is 2.31. The van der Waals surface area contributed by atoms with Crippen LogP contribution in [0.5, 0.6) is 0 Å². The average molecular weight is 422 g/mol. The molecule has 0 radical (unpaired) electrons. The Bertz CT molecular complexity index is 737. The fourth-order valence-corrected chi connectivity index (χ4v) is 5.81. The van der Waals surface area contributed by atoms with Gasteiger partial charge in [-0.05, 0) is 35.8 Å². The van der Waals surface area contributed by atoms with E-state index in [1.54, 1.807) is 23.1 Å². The number of hydrogen-bond donors (Lipinski definition) is 0. The first-order chi connectivity index (χ1) is 13.0. The average Bonchev–Trinajstić information content (AvgIpc) is 3.13. The lowest BCUT2D eigenvalue weighted by Gasteiger charge is -2.30. The zero-order valence-electron chi connectivity index (χ0n) is 16.2. The van der Waals surface area contributed by atoms with Crippen LogP contribution >= 0.6 is 34.9 Å². The van der Waals surface area contributed by atoms with E-state index in [2.05, 4.69) is 55.2 Å². The van der Waals surface area contributed by atoms with Crippen LogP contribution in [0, 0.1) is 5.92 Å². The van der Waals surface area contributed by atoms with Crippen molar-refractivity contribution in [1.29, 1.82) is 0 Å². The molecule has 1 amide bonds. The summed E-state index contributed by atoms with van der Waals surface area (Å²) in [4.78, 5) is 14.3. The Balaban J connectivity index is 1.43. The Kier molecular flexibility index (Phi) is 7.61. The van der Waals surface area contributed by atoms with Crippen LogP contribution in [0.25, 0.3) is 0 Å². The Morgan fingerprint density at radius 1 is 1.15 bits per heavy atom. The van der Waals surface area contributed by atoms with Crippen LogP contribution in [0.4, 0.5) is 0 Å². The molecule has 0 aliphatic carbocycles. The van der Waals surface area contributed by atoms with Gasteiger partial charge in [-0.15, -0.1) is 10.2 Å². The topological polar surface area (TPSA) is 46.1 Å². The number of nitrogens with zero attached hydrogens (tertiary/aromatic N) is 3. The number of thioether (sulfide) groups is 2. The van der Waals surface area contributed by atoms with E-state index in [9.17, 15) is 4.79 Å². The largest absolute Gasteiger partial charge is 0.342 e. The first-order valence-electron chi connectivity index (χ1n) is 9.47. The number of benzene rings is 1. The van der Waals surface area contributed by atoms with Crippen molar-refractivity contribution in [3.63, 3.8) is 0 Å². The van der Waals surface area contributed by atoms with Crippen LogP contribution in [-0.4, -0.2) is 39.8 Å². The molecule has 0 bridgehead atoms. The van der Waals surface area contributed by atoms with E-state index in [-0.39, 0.29) is 5.91 Å². The zero-order valence-corrected chi connectivity index (χ0v) is 18.6. The number of rotatable bonds is 7. The van der Waals surface area contributed by atoms with Gasteiger partial charge >= 0.3 is 0 Å². The number of amides is 1. The van der Waals surface area contributed by atoms with Gasteiger partial charge in [0.15, 0.2) is 8.68 Å². The van der Waals surface area contributed by atoms with Gasteiger partial charge in [0.25, 0.3) is 0 Å². The third-order valence-electron chi connectivity index (χ3n) is 4.85. The summed E-state index contributed by atoms with van der Waals surface area (Å²) >= 11 is 4.80. The number of piperidine rings is 1. The molecule has 0 unspecified atom stereocenters. The molecule has 0 spiro atoms. The highest BCUT2D eigenvalue weighted by molar-refractivity contribution is 8.03. The van der Waals surface area contributed by atoms with Gasteiger partial charge in [-0.3, -0.25) is 4.79 Å². The molecule has 1 aliphatic heterocycles. The van der Waals surface area contributed by atoms with Crippen molar-refractivity contribution in [2.75, 3.05) is 18.8 Å². The van der Waals surface area contributed by atoms with E-state index in [1.807, 2.05) is 4.90 Å². The molecular weight excluding hydrogens is 394 g/mol. The fraction of sp³-hybridized carbons (Fsp3) is 0.550. The molecule has 0 saturated carbocycles. The predicted octanol–water partition coefficient (Wildman–Crippen LogP) is 5.30. The summed E-state index contributed by atoms with van der Waals surface area (Å²) in [5.41, 5.74) is 2.66. The highest BCUT2D eigenvalue weighted by Gasteiger charge is 2.20. The molecule has 1 fully saturated rings. The van der Waals surface area contributed by atoms with E-state index < -0.39 is 0 Å². The number of carbonyl (C=O) groups excluding carboxylic acids is 1. The minimum absolute atomic E-state index is 0.224. The molecule has 7 heteroatoms. The maximum absolute atomic E-state index is 12.3. The van der Waals surface area contributed by atoms with Gasteiger partial charge in [-0.2, -0.15) is 0 Å². The number of likely N-dealkylation sites (tertiary alicyclic amines) is 1. The van der Waals surface area contributed by atoms with E-state index in [0.717, 1.165) is 46.3 Å². The number of aromatic nitrogens is 2. The van der Waals surface area contributed by atoms with E-state index in [0.29, 0.717) is 11.7 Å². The van der Waals surface area contributed by atoms with E-state index in [1.165, 1.54) is 22.9 Å². The zero-order chi connectivity index (χ0) is 19.2. The maximum atomic E-state index is 12.3. The standard InChI is InChI=1S/C20H27N3OS3/c1-14(2)17-6-4-16(5-7-17)12-25-19-21-22-20(27-19)26-13-18(24)23-10-8-15(3)9-11-23/h4-7,14-15H,8-13H2,1-3H3. The minimum atomic E-state index is 0.224. The monoisotopic (exact) mass is 421 g/mol. The van der Waals surface area contributed by atoms with E-state index >= 15 is 0 Å². The van der Waals surface area contributed by atoms with Gasteiger partial charge in [-0.1, -0.05) is 79.9 Å². The van der Waals surface area contributed by atoms with Gasteiger partial charge < -0.3 is 4.90 Å². The van der Waals surface area contributed by atoms with Crippen LogP contribution < -0.4 is 0 Å². The molecule has 3 rings (SSSR count). The van der Waals surface area contributed by atoms with Crippen LogP contribution in [0.3, 0.4) is 0 Å². The smallest absolute Gasteiger partial charge is 0.233 e. The van der Waals surface area contributed by atoms with Crippen molar-refractivity contribution in [2.24, 2.45) is 5.92 Å². The summed E-state index contributed by atoms with van der Waals surface area (Å²) in [7, 11) is 0. The number of hydrogen-bond acceptors (Lipinski definition) is 6. The third kappa shape index (κ3) is 6.22. The summed E-state index contributed by atoms with van der Waals surface area (Å²) in [6.07, 6.45) is 2.24. The van der Waals surface area contributed by atoms with Crippen molar-refractivity contribution in [1.82, 2.24) is 15.1 Å². The third-order valence-corrected chi connectivity index (χ3v) is 8.10. The first kappa shape index (κ1) is 20.7. The maximum Gasteiger partial charge on any atom is 0.233 e. The Hall–Kier alpha value is -1.05. The molecule has 0 N–H and O–H groups in total. The molecule has 1 aromatic heterocycles. The molecule has 2 aromatic rings. The van der Waals surface area contributed by atoms with Crippen LogP contribution in [-0.2, 0) is 10.5 Å². The van der Waals surface area contributed by atoms with Crippen LogP contribution in [0.2, 0.25) is 0 Å². The Labute approximate surface area is 174 Å². The highest BCUT2D eigenvalue weighted by atomic mass is 32.2. The lowest BCUT2D eigenvalue weighted by Crippen LogP contribution is -2.38. The van der Waals surface area contributed by atoms with Crippen molar-refractivity contribution < 1.29 is 4.79 Å². The summed E-state index contributed by atoms with van der Waals surface area (Å²) in [6.45, 7) is 8.47. The van der Waals surface area contributed by atoms with Crippen LogP contribution in [0.15, 0.2) is 32.9 Å². The molecule has 0 atom stereocenters. The summed E-state index contributed by atoms with van der Waals surface area (Å²) < 4.78 is 1.84. The molecule has 1 saturated heterocycles. The van der Waals surface area contributed by atoms with Crippen LogP contribution in [0.1, 0.15) is 50.7 Å². The summed E-state index contributed by atoms with van der Waals surface area (Å²) in [5, 5.41) is 8.50. The predicted molar refractivity (Wildman–Crippen MR) is 116 cm³/mol. The van der Waals surface area contributed by atoms with Gasteiger partial charge in [-0.25, -0.2) is 0 Å². The quantitative estimate of drug-likeness (QED) is 0.567. The summed E-state index contributed by atoms with van der Waals surface area (Å²) in [6, 6.07) is 8.79. The van der Waals surface area contributed by atoms with E-state index in [4.69, 9.17) is 0 Å². The van der Waals surface area contributed by atoms with Gasteiger partial charge in [0, 0.05) is 18.8 Å². The lowest BCUT2D eigenvalue weighted by atomic mass is 9.99. The van der Waals surface area contributed by atoms with Gasteiger partial charge in [0.05, 0.1) is 5.75 Å². The summed E-state index contributed by atoms with van der Waals surface area (Å²) in [5.74, 6) is 2.88. The second-order valence-electron chi connectivity index (χ2n) is 7.37. The SMILES string of the molecule is CC1CCN(C(=O)CSc2nnc(SCc3ccc(C(C)C)cc3)s2)CC1. The van der Waals surface area contributed by atoms with Crippen molar-refractivity contribution in [3.05, 3.63) is 35.4 Å². The second-order valence-corrected chi connectivity index (χ2v) is 10.8. The van der Waals surface area contributed by atoms with Crippen molar-refractivity contribution in [2.45, 2.75) is 54.0 Å². The Morgan fingerprint density at radius 2 is 1.78 bits per heavy atom. The molecule has 146 valence electrons. The first-order valence-corrected chi connectivity index (χ1v) is 12.3. The molecule has 1 aromatic carbocycles. The minimum Gasteiger partial charge on any atom is -0.342 e. The van der Waals surface area contributed by atoms with Crippen molar-refractivity contribution >= 4 is 40.8 Å². The molecule has 27 heavy (non-hydrogen) atoms. The lowest BCUT2D eigenvalue weighted by molar-refractivity contribution is -0.129. The molecule has 4 nitrogen and oxygen atoms in total. The molecular formula is C20H27N3OS3. The number of carbonyl (C=O) groups is 1. The molecule has 1 aliphatic rings. The fourth-order valence-electron chi connectivity index (χ4n) is 2.93. The second kappa shape index (κ2) is 9.94. The molecule has 2 heterocycles. The van der Waals surface area contributed by atoms with Gasteiger partial charge in [0.1, 0.15) is 0 Å².